The number of aromatic nitrogens is 2. The summed E-state index contributed by atoms with van der Waals surface area (Å²) < 4.78 is 100. The van der Waals surface area contributed by atoms with Crippen molar-refractivity contribution < 1.29 is 39.6 Å². The van der Waals surface area contributed by atoms with Gasteiger partial charge in [0.05, 0.1) is 16.2 Å². The smallest absolute Gasteiger partial charge is 0.296 e. The maximum Gasteiger partial charge on any atom is 0.434 e. The van der Waals surface area contributed by atoms with E-state index in [0.29, 0.717) is 16.7 Å². The SMILES string of the molecule is CCS(=O)(=O)c1cc(C(F)(F)F)cnc1C(=O)Nc1nc(C(F)(F)F)cs1. The number of anilines is 1. The van der Waals surface area contributed by atoms with Crippen molar-refractivity contribution in [1.29, 1.82) is 0 Å². The number of nitrogens with one attached hydrogen (secondary N) is 1. The minimum absolute atomic E-state index is 0.254. The molecule has 0 atom stereocenters. The van der Waals surface area contributed by atoms with Crippen molar-refractivity contribution in [2.45, 2.75) is 24.2 Å². The Morgan fingerprint density at radius 1 is 1.19 bits per heavy atom. The molecule has 0 aliphatic heterocycles. The van der Waals surface area contributed by atoms with E-state index < -0.39 is 60.8 Å². The minimum atomic E-state index is -4.91. The summed E-state index contributed by atoms with van der Waals surface area (Å²) in [5, 5.41) is 2.00. The molecule has 27 heavy (non-hydrogen) atoms. The predicted molar refractivity (Wildman–Crippen MR) is 82.0 cm³/mol. The number of amides is 1. The quantitative estimate of drug-likeness (QED) is 0.744. The standard InChI is InChI=1S/C13H9F6N3O3S2/c1-2-27(24,25)7-3-6(12(14,15)16)4-20-9(7)10(23)22-11-21-8(5-26-11)13(17,18)19/h3-5H,2H2,1H3,(H,21,22,23). The average molecular weight is 433 g/mol. The van der Waals surface area contributed by atoms with Gasteiger partial charge in [-0.1, -0.05) is 6.92 Å². The summed E-state index contributed by atoms with van der Waals surface area (Å²) in [4.78, 5) is 17.6. The van der Waals surface area contributed by atoms with Gasteiger partial charge in [-0.15, -0.1) is 11.3 Å². The molecule has 0 saturated carbocycles. The highest BCUT2D eigenvalue weighted by Gasteiger charge is 2.36. The van der Waals surface area contributed by atoms with Crippen molar-refractivity contribution in [1.82, 2.24) is 9.97 Å². The van der Waals surface area contributed by atoms with Crippen LogP contribution in [0.4, 0.5) is 31.5 Å². The maximum absolute atomic E-state index is 12.8. The van der Waals surface area contributed by atoms with Crippen molar-refractivity contribution in [3.8, 4) is 0 Å². The molecule has 148 valence electrons. The number of sulfone groups is 1. The van der Waals surface area contributed by atoms with Gasteiger partial charge in [-0.05, 0) is 6.07 Å². The second-order valence-corrected chi connectivity index (χ2v) is 8.07. The topological polar surface area (TPSA) is 89.0 Å². The zero-order valence-electron chi connectivity index (χ0n) is 13.1. The van der Waals surface area contributed by atoms with Crippen LogP contribution in [0.2, 0.25) is 0 Å². The summed E-state index contributed by atoms with van der Waals surface area (Å²) in [5.74, 6) is -1.93. The molecular weight excluding hydrogens is 424 g/mol. The fraction of sp³-hybridized carbons (Fsp3) is 0.308. The van der Waals surface area contributed by atoms with Crippen LogP contribution in [0.15, 0.2) is 22.5 Å². The van der Waals surface area contributed by atoms with Crippen LogP contribution in [0.1, 0.15) is 28.7 Å². The number of alkyl halides is 6. The maximum atomic E-state index is 12.8. The third kappa shape index (κ3) is 4.74. The number of halogens is 6. The van der Waals surface area contributed by atoms with E-state index >= 15 is 0 Å². The second kappa shape index (κ2) is 7.07. The van der Waals surface area contributed by atoms with Crippen LogP contribution in [0.5, 0.6) is 0 Å². The number of rotatable bonds is 4. The highest BCUT2D eigenvalue weighted by atomic mass is 32.2. The van der Waals surface area contributed by atoms with Gasteiger partial charge < -0.3 is 0 Å². The van der Waals surface area contributed by atoms with Crippen LogP contribution in [0, 0.1) is 0 Å². The first-order valence-electron chi connectivity index (χ1n) is 6.89. The summed E-state index contributed by atoms with van der Waals surface area (Å²) in [6, 6.07) is 0.254. The van der Waals surface area contributed by atoms with Gasteiger partial charge in [0.2, 0.25) is 0 Å². The van der Waals surface area contributed by atoms with Gasteiger partial charge in [-0.3, -0.25) is 10.1 Å². The number of carbonyl (C=O) groups is 1. The van der Waals surface area contributed by atoms with Crippen molar-refractivity contribution in [3.63, 3.8) is 0 Å². The first kappa shape index (κ1) is 21.1. The lowest BCUT2D eigenvalue weighted by atomic mass is 10.2. The molecule has 0 aromatic carbocycles. The molecule has 0 saturated heterocycles. The van der Waals surface area contributed by atoms with E-state index in [1.807, 2.05) is 5.32 Å². The third-order valence-corrected chi connectivity index (χ3v) is 5.62. The second-order valence-electron chi connectivity index (χ2n) is 4.96. The molecule has 0 fully saturated rings. The van der Waals surface area contributed by atoms with Crippen LogP contribution < -0.4 is 5.32 Å². The molecular formula is C13H9F6N3O3S2. The molecule has 0 unspecified atom stereocenters. The Morgan fingerprint density at radius 3 is 2.30 bits per heavy atom. The summed E-state index contributed by atoms with van der Waals surface area (Å²) in [7, 11) is -4.29. The Morgan fingerprint density at radius 2 is 1.81 bits per heavy atom. The monoisotopic (exact) mass is 433 g/mol. The third-order valence-electron chi connectivity index (χ3n) is 3.13. The zero-order chi connectivity index (χ0) is 20.6. The molecule has 14 heteroatoms. The number of hydrogen-bond donors (Lipinski definition) is 1. The Balaban J connectivity index is 2.45. The Bertz CT molecular complexity index is 966. The van der Waals surface area contributed by atoms with Gasteiger partial charge in [0.15, 0.2) is 20.7 Å². The number of hydrogen-bond acceptors (Lipinski definition) is 6. The first-order chi connectivity index (χ1) is 12.3. The first-order valence-corrected chi connectivity index (χ1v) is 9.43. The predicted octanol–water partition coefficient (Wildman–Crippen LogP) is 3.62. The molecule has 1 amide bonds. The number of pyridine rings is 1. The molecule has 0 bridgehead atoms. The van der Waals surface area contributed by atoms with E-state index in [9.17, 15) is 39.6 Å². The van der Waals surface area contributed by atoms with E-state index in [0.717, 1.165) is 6.92 Å². The lowest BCUT2D eigenvalue weighted by Gasteiger charge is -2.12. The van der Waals surface area contributed by atoms with Crippen molar-refractivity contribution in [2.75, 3.05) is 11.1 Å². The summed E-state index contributed by atoms with van der Waals surface area (Å²) >= 11 is 0.406. The zero-order valence-corrected chi connectivity index (χ0v) is 14.8. The Hall–Kier alpha value is -2.22. The summed E-state index contributed by atoms with van der Waals surface area (Å²) in [6.45, 7) is 1.15. The van der Waals surface area contributed by atoms with Crippen LogP contribution in [0.25, 0.3) is 0 Å². The number of carbonyl (C=O) groups excluding carboxylic acids is 1. The minimum Gasteiger partial charge on any atom is -0.296 e. The van der Waals surface area contributed by atoms with Gasteiger partial charge in [0, 0.05) is 11.6 Å². The Labute approximate surface area is 152 Å². The normalized spacial score (nSPS) is 12.9. The van der Waals surface area contributed by atoms with Crippen molar-refractivity contribution >= 4 is 32.2 Å². The van der Waals surface area contributed by atoms with Crippen LogP contribution in [0.3, 0.4) is 0 Å². The summed E-state index contributed by atoms with van der Waals surface area (Å²) in [5.41, 5.74) is -3.56. The molecule has 0 radical (unpaired) electrons. The number of thiazole rings is 1. The van der Waals surface area contributed by atoms with Crippen molar-refractivity contribution in [2.24, 2.45) is 0 Å². The molecule has 2 aromatic heterocycles. The van der Waals surface area contributed by atoms with E-state index in [1.165, 1.54) is 0 Å². The van der Waals surface area contributed by atoms with E-state index in [1.54, 1.807) is 0 Å². The molecule has 6 nitrogen and oxygen atoms in total. The van der Waals surface area contributed by atoms with Gasteiger partial charge >= 0.3 is 12.4 Å². The van der Waals surface area contributed by atoms with Crippen LogP contribution in [-0.2, 0) is 22.2 Å². The largest absolute Gasteiger partial charge is 0.434 e. The lowest BCUT2D eigenvalue weighted by molar-refractivity contribution is -0.140. The molecule has 0 aliphatic rings. The average Bonchev–Trinajstić information content (AvgIpc) is 3.02. The molecule has 0 spiro atoms. The number of nitrogens with zero attached hydrogens (tertiary/aromatic N) is 2. The van der Waals surface area contributed by atoms with E-state index in [4.69, 9.17) is 0 Å². The van der Waals surface area contributed by atoms with Gasteiger partial charge in [0.1, 0.15) is 5.69 Å². The molecule has 1 N–H and O–H groups in total. The van der Waals surface area contributed by atoms with Gasteiger partial charge in [-0.2, -0.15) is 26.3 Å². The van der Waals surface area contributed by atoms with Crippen molar-refractivity contribution in [3.05, 3.63) is 34.6 Å². The molecule has 2 aromatic rings. The highest BCUT2D eigenvalue weighted by molar-refractivity contribution is 7.91. The fourth-order valence-electron chi connectivity index (χ4n) is 1.78. The molecule has 2 heterocycles. The Kier molecular flexibility index (Phi) is 5.52. The van der Waals surface area contributed by atoms with Gasteiger partial charge in [-0.25, -0.2) is 18.4 Å². The van der Waals surface area contributed by atoms with Gasteiger partial charge in [0.25, 0.3) is 5.91 Å². The lowest BCUT2D eigenvalue weighted by Crippen LogP contribution is -2.21. The van der Waals surface area contributed by atoms with E-state index in [-0.39, 0.29) is 12.3 Å². The molecule has 2 rings (SSSR count). The van der Waals surface area contributed by atoms with Crippen LogP contribution >= 0.6 is 11.3 Å². The van der Waals surface area contributed by atoms with E-state index in [2.05, 4.69) is 9.97 Å². The fourth-order valence-corrected chi connectivity index (χ4v) is 3.55. The summed E-state index contributed by atoms with van der Waals surface area (Å²) in [6.07, 6.45) is -9.41. The molecule has 0 aliphatic carbocycles. The highest BCUT2D eigenvalue weighted by Crippen LogP contribution is 2.33. The van der Waals surface area contributed by atoms with Crippen LogP contribution in [-0.4, -0.2) is 30.0 Å².